The summed E-state index contributed by atoms with van der Waals surface area (Å²) in [4.78, 5) is 36.5. The maximum absolute atomic E-state index is 12.4. The molecule has 0 radical (unpaired) electrons. The van der Waals surface area contributed by atoms with Crippen LogP contribution in [0.3, 0.4) is 0 Å². The number of benzene rings is 2. The van der Waals surface area contributed by atoms with Gasteiger partial charge >= 0.3 is 0 Å². The van der Waals surface area contributed by atoms with Gasteiger partial charge in [-0.2, -0.15) is 0 Å². The largest absolute Gasteiger partial charge is 0.344 e. The molecule has 142 valence electrons. The van der Waals surface area contributed by atoms with Crippen molar-refractivity contribution in [1.29, 1.82) is 0 Å². The maximum atomic E-state index is 12.4. The predicted molar refractivity (Wildman–Crippen MR) is 103 cm³/mol. The van der Waals surface area contributed by atoms with E-state index in [0.29, 0.717) is 0 Å². The molecular formula is C21H25N3O3. The molecule has 3 N–H and O–H groups in total. The van der Waals surface area contributed by atoms with Gasteiger partial charge in [0.05, 0.1) is 6.42 Å². The second kappa shape index (κ2) is 8.20. The highest BCUT2D eigenvalue weighted by molar-refractivity contribution is 5.91. The number of carbonyl (C=O) groups excluding carboxylic acids is 3. The summed E-state index contributed by atoms with van der Waals surface area (Å²) >= 11 is 0. The Morgan fingerprint density at radius 1 is 1.00 bits per heavy atom. The molecule has 3 rings (SSSR count). The normalized spacial score (nSPS) is 14.6. The van der Waals surface area contributed by atoms with Crippen molar-refractivity contribution in [2.24, 2.45) is 11.8 Å². The van der Waals surface area contributed by atoms with E-state index in [2.05, 4.69) is 16.2 Å². The second-order valence-corrected chi connectivity index (χ2v) is 7.40. The van der Waals surface area contributed by atoms with Crippen molar-refractivity contribution in [2.45, 2.75) is 39.2 Å². The summed E-state index contributed by atoms with van der Waals surface area (Å²) in [6.07, 6.45) is 1.91. The molecule has 2 aromatic carbocycles. The van der Waals surface area contributed by atoms with Crippen molar-refractivity contribution in [3.8, 4) is 0 Å². The number of amides is 3. The van der Waals surface area contributed by atoms with Crippen LogP contribution in [0.25, 0.3) is 10.8 Å². The molecule has 0 saturated heterocycles. The van der Waals surface area contributed by atoms with E-state index in [-0.39, 0.29) is 30.1 Å². The van der Waals surface area contributed by atoms with E-state index >= 15 is 0 Å². The molecule has 27 heavy (non-hydrogen) atoms. The molecule has 0 spiro atoms. The fraction of sp³-hybridized carbons (Fsp3) is 0.381. The summed E-state index contributed by atoms with van der Waals surface area (Å²) in [5.41, 5.74) is 5.74. The Morgan fingerprint density at radius 2 is 1.70 bits per heavy atom. The molecule has 6 heteroatoms. The van der Waals surface area contributed by atoms with E-state index in [4.69, 9.17) is 0 Å². The summed E-state index contributed by atoms with van der Waals surface area (Å²) in [5.74, 6) is -0.916. The Labute approximate surface area is 158 Å². The number of rotatable bonds is 6. The van der Waals surface area contributed by atoms with Gasteiger partial charge in [0.25, 0.3) is 5.91 Å². The molecule has 0 aliphatic heterocycles. The van der Waals surface area contributed by atoms with Gasteiger partial charge in [0, 0.05) is 5.92 Å². The van der Waals surface area contributed by atoms with Crippen molar-refractivity contribution in [1.82, 2.24) is 16.2 Å². The fourth-order valence-electron chi connectivity index (χ4n) is 2.94. The van der Waals surface area contributed by atoms with Gasteiger partial charge < -0.3 is 5.32 Å². The van der Waals surface area contributed by atoms with Crippen LogP contribution in [-0.2, 0) is 20.8 Å². The number of nitrogens with one attached hydrogen (secondary N) is 3. The van der Waals surface area contributed by atoms with E-state index in [1.54, 1.807) is 0 Å². The van der Waals surface area contributed by atoms with E-state index in [1.807, 2.05) is 56.3 Å². The molecule has 0 bridgehead atoms. The highest BCUT2D eigenvalue weighted by atomic mass is 16.2. The zero-order chi connectivity index (χ0) is 19.4. The molecule has 1 saturated carbocycles. The Morgan fingerprint density at radius 3 is 2.37 bits per heavy atom. The van der Waals surface area contributed by atoms with Gasteiger partial charge in [-0.05, 0) is 35.1 Å². The summed E-state index contributed by atoms with van der Waals surface area (Å²) in [6.45, 7) is 3.70. The van der Waals surface area contributed by atoms with Gasteiger partial charge in [0.15, 0.2) is 0 Å². The monoisotopic (exact) mass is 367 g/mol. The van der Waals surface area contributed by atoms with Crippen LogP contribution >= 0.6 is 0 Å². The second-order valence-electron chi connectivity index (χ2n) is 7.40. The van der Waals surface area contributed by atoms with Gasteiger partial charge in [-0.1, -0.05) is 56.3 Å². The molecule has 1 aliphatic rings. The van der Waals surface area contributed by atoms with Gasteiger partial charge in [0.1, 0.15) is 6.04 Å². The SMILES string of the molecule is CC(C)C(NC(=O)Cc1ccc2ccccc2c1)C(=O)NNC(=O)C1CC1. The van der Waals surface area contributed by atoms with Crippen LogP contribution in [-0.4, -0.2) is 23.8 Å². The predicted octanol–water partition coefficient (Wildman–Crippen LogP) is 2.08. The van der Waals surface area contributed by atoms with Crippen LogP contribution in [0.15, 0.2) is 42.5 Å². The molecule has 0 heterocycles. The van der Waals surface area contributed by atoms with Crippen LogP contribution in [0.4, 0.5) is 0 Å². The standard InChI is InChI=1S/C21H25N3O3/c1-13(2)19(21(27)24-23-20(26)16-9-10-16)22-18(25)12-14-7-8-15-5-3-4-6-17(15)11-14/h3-8,11,13,16,19H,9-10,12H2,1-2H3,(H,22,25)(H,23,26)(H,24,27). The fourth-order valence-corrected chi connectivity index (χ4v) is 2.94. The summed E-state index contributed by atoms with van der Waals surface area (Å²) in [6, 6.07) is 13.1. The summed E-state index contributed by atoms with van der Waals surface area (Å²) in [7, 11) is 0. The molecule has 1 unspecified atom stereocenters. The number of hydrogen-bond donors (Lipinski definition) is 3. The lowest BCUT2D eigenvalue weighted by atomic mass is 10.0. The first kappa shape index (κ1) is 18.9. The van der Waals surface area contributed by atoms with Crippen molar-refractivity contribution >= 4 is 28.5 Å². The number of hydrogen-bond acceptors (Lipinski definition) is 3. The topological polar surface area (TPSA) is 87.3 Å². The summed E-state index contributed by atoms with van der Waals surface area (Å²) < 4.78 is 0. The molecule has 2 aromatic rings. The quantitative estimate of drug-likeness (QED) is 0.683. The van der Waals surface area contributed by atoms with Crippen LogP contribution in [0.5, 0.6) is 0 Å². The highest BCUT2D eigenvalue weighted by Gasteiger charge is 2.31. The van der Waals surface area contributed by atoms with Crippen molar-refractivity contribution in [3.05, 3.63) is 48.0 Å². The van der Waals surface area contributed by atoms with Crippen molar-refractivity contribution in [3.63, 3.8) is 0 Å². The minimum absolute atomic E-state index is 0.00490. The van der Waals surface area contributed by atoms with Crippen LogP contribution < -0.4 is 16.2 Å². The first-order valence-corrected chi connectivity index (χ1v) is 9.31. The molecule has 3 amide bonds. The zero-order valence-electron chi connectivity index (χ0n) is 15.6. The first-order valence-electron chi connectivity index (χ1n) is 9.31. The van der Waals surface area contributed by atoms with E-state index < -0.39 is 11.9 Å². The Kier molecular flexibility index (Phi) is 5.74. The lowest BCUT2D eigenvalue weighted by molar-refractivity contribution is -0.133. The first-order chi connectivity index (χ1) is 12.9. The lowest BCUT2D eigenvalue weighted by Crippen LogP contribution is -2.54. The molecule has 0 aromatic heterocycles. The van der Waals surface area contributed by atoms with Gasteiger partial charge in [-0.15, -0.1) is 0 Å². The molecule has 1 atom stereocenters. The van der Waals surface area contributed by atoms with Crippen LogP contribution in [0.1, 0.15) is 32.3 Å². The minimum atomic E-state index is -0.711. The molecule has 1 fully saturated rings. The van der Waals surface area contributed by atoms with Gasteiger partial charge in [-0.3, -0.25) is 25.2 Å². The molecule has 6 nitrogen and oxygen atoms in total. The zero-order valence-corrected chi connectivity index (χ0v) is 15.6. The van der Waals surface area contributed by atoms with E-state index in [1.165, 1.54) is 0 Å². The highest BCUT2D eigenvalue weighted by Crippen LogP contribution is 2.28. The Hall–Kier alpha value is -2.89. The number of carbonyl (C=O) groups is 3. The maximum Gasteiger partial charge on any atom is 0.261 e. The average molecular weight is 367 g/mol. The third kappa shape index (κ3) is 5.06. The molecule has 1 aliphatic carbocycles. The lowest BCUT2D eigenvalue weighted by Gasteiger charge is -2.22. The Bertz CT molecular complexity index is 859. The van der Waals surface area contributed by atoms with Crippen molar-refractivity contribution < 1.29 is 14.4 Å². The van der Waals surface area contributed by atoms with E-state index in [0.717, 1.165) is 29.2 Å². The van der Waals surface area contributed by atoms with Crippen LogP contribution in [0.2, 0.25) is 0 Å². The third-order valence-electron chi connectivity index (χ3n) is 4.70. The van der Waals surface area contributed by atoms with Gasteiger partial charge in [0.2, 0.25) is 11.8 Å². The third-order valence-corrected chi connectivity index (χ3v) is 4.70. The minimum Gasteiger partial charge on any atom is -0.344 e. The molecular weight excluding hydrogens is 342 g/mol. The van der Waals surface area contributed by atoms with Crippen LogP contribution in [0, 0.1) is 11.8 Å². The average Bonchev–Trinajstić information content (AvgIpc) is 3.49. The van der Waals surface area contributed by atoms with E-state index in [9.17, 15) is 14.4 Å². The number of hydrazine groups is 1. The van der Waals surface area contributed by atoms with Gasteiger partial charge in [-0.25, -0.2) is 0 Å². The summed E-state index contributed by atoms with van der Waals surface area (Å²) in [5, 5.41) is 4.97. The smallest absolute Gasteiger partial charge is 0.261 e. The number of fused-ring (bicyclic) bond motifs is 1. The van der Waals surface area contributed by atoms with Crippen molar-refractivity contribution in [2.75, 3.05) is 0 Å². The Balaban J connectivity index is 1.58.